The van der Waals surface area contributed by atoms with Crippen LogP contribution in [0.5, 0.6) is 0 Å². The van der Waals surface area contributed by atoms with Gasteiger partial charge in [0.1, 0.15) is 0 Å². The largest absolute Gasteiger partial charge is 0.383 e. The molecule has 0 heterocycles. The highest BCUT2D eigenvalue weighted by Gasteiger charge is 2.12. The van der Waals surface area contributed by atoms with Crippen molar-refractivity contribution in [2.24, 2.45) is 0 Å². The number of ether oxygens (including phenoxy) is 1. The molecule has 1 amide bonds. The third-order valence-corrected chi connectivity index (χ3v) is 2.83. The van der Waals surface area contributed by atoms with Gasteiger partial charge in [0.05, 0.1) is 13.2 Å². The average Bonchev–Trinajstić information content (AvgIpc) is 2.34. The zero-order valence-electron chi connectivity index (χ0n) is 12.1. The first-order chi connectivity index (χ1) is 8.19. The fourth-order valence-corrected chi connectivity index (χ4v) is 1.63. The van der Waals surface area contributed by atoms with Crippen LogP contribution in [-0.4, -0.2) is 75.7 Å². The van der Waals surface area contributed by atoms with E-state index in [1.54, 1.807) is 14.2 Å². The predicted molar refractivity (Wildman–Crippen MR) is 77.4 cm³/mol. The molecule has 0 saturated carbocycles. The second-order valence-electron chi connectivity index (χ2n) is 3.93. The lowest BCUT2D eigenvalue weighted by Crippen LogP contribution is -2.43. The van der Waals surface area contributed by atoms with E-state index in [9.17, 15) is 4.79 Å². The fraction of sp³-hybridized carbons (Fsp3) is 0.917. The molecular weight excluding hydrogens is 254 g/mol. The highest BCUT2D eigenvalue weighted by Crippen LogP contribution is 1.94. The lowest BCUT2D eigenvalue weighted by atomic mass is 10.4. The van der Waals surface area contributed by atoms with Gasteiger partial charge in [-0.2, -0.15) is 0 Å². The second-order valence-corrected chi connectivity index (χ2v) is 3.93. The number of nitrogens with one attached hydrogen (secondary N) is 1. The van der Waals surface area contributed by atoms with E-state index in [1.807, 2.05) is 4.90 Å². The van der Waals surface area contributed by atoms with Gasteiger partial charge in [0.2, 0.25) is 5.91 Å². The predicted octanol–water partition coefficient (Wildman–Crippen LogP) is 0.444. The van der Waals surface area contributed by atoms with E-state index in [2.05, 4.69) is 24.1 Å². The zero-order chi connectivity index (χ0) is 13.1. The van der Waals surface area contributed by atoms with Crippen LogP contribution >= 0.6 is 12.4 Å². The number of halogens is 1. The maximum atomic E-state index is 11.8. The normalized spacial score (nSPS) is 10.3. The van der Waals surface area contributed by atoms with Crippen molar-refractivity contribution in [1.29, 1.82) is 0 Å². The van der Waals surface area contributed by atoms with Crippen molar-refractivity contribution in [3.8, 4) is 0 Å². The van der Waals surface area contributed by atoms with Crippen molar-refractivity contribution in [2.45, 2.75) is 13.8 Å². The van der Waals surface area contributed by atoms with E-state index in [4.69, 9.17) is 4.74 Å². The second kappa shape index (κ2) is 13.1. The molecule has 0 saturated heterocycles. The van der Waals surface area contributed by atoms with E-state index in [0.717, 1.165) is 26.2 Å². The maximum Gasteiger partial charge on any atom is 0.236 e. The third-order valence-electron chi connectivity index (χ3n) is 2.83. The van der Waals surface area contributed by atoms with Crippen molar-refractivity contribution in [3.05, 3.63) is 0 Å². The number of nitrogens with zero attached hydrogens (tertiary/aromatic N) is 2. The Hall–Kier alpha value is -0.360. The van der Waals surface area contributed by atoms with Gasteiger partial charge < -0.3 is 19.9 Å². The monoisotopic (exact) mass is 281 g/mol. The molecule has 0 aliphatic heterocycles. The minimum atomic E-state index is 0. The van der Waals surface area contributed by atoms with Gasteiger partial charge in [0, 0.05) is 26.7 Å². The summed E-state index contributed by atoms with van der Waals surface area (Å²) in [4.78, 5) is 16.0. The molecule has 0 fully saturated rings. The molecule has 110 valence electrons. The molecule has 0 aromatic carbocycles. The van der Waals surface area contributed by atoms with Crippen LogP contribution in [0.2, 0.25) is 0 Å². The summed E-state index contributed by atoms with van der Waals surface area (Å²) in [5, 5.41) is 2.89. The molecule has 5 nitrogen and oxygen atoms in total. The molecule has 6 heteroatoms. The molecule has 0 radical (unpaired) electrons. The van der Waals surface area contributed by atoms with Crippen LogP contribution in [0, 0.1) is 0 Å². The highest BCUT2D eigenvalue weighted by atomic mass is 35.5. The number of methoxy groups -OCH3 is 1. The SMILES string of the molecule is CCN(CC)CCN(CCOC)C(=O)CNC.Cl. The Morgan fingerprint density at radius 1 is 1.17 bits per heavy atom. The van der Waals surface area contributed by atoms with E-state index >= 15 is 0 Å². The van der Waals surface area contributed by atoms with Gasteiger partial charge in [-0.15, -0.1) is 12.4 Å². The van der Waals surface area contributed by atoms with Gasteiger partial charge in [-0.25, -0.2) is 0 Å². The van der Waals surface area contributed by atoms with Crippen LogP contribution in [0.4, 0.5) is 0 Å². The molecule has 0 bridgehead atoms. The van der Waals surface area contributed by atoms with Gasteiger partial charge in [0.15, 0.2) is 0 Å². The molecule has 0 spiro atoms. The number of rotatable bonds is 10. The number of carbonyl (C=O) groups is 1. The molecule has 0 aliphatic carbocycles. The minimum absolute atomic E-state index is 0. The van der Waals surface area contributed by atoms with Crippen molar-refractivity contribution >= 4 is 18.3 Å². The standard InChI is InChI=1S/C12H27N3O2.ClH/c1-5-14(6-2)7-8-15(9-10-17-4)12(16)11-13-3;/h13H,5-11H2,1-4H3;1H. The van der Waals surface area contributed by atoms with Crippen molar-refractivity contribution in [1.82, 2.24) is 15.1 Å². The zero-order valence-corrected chi connectivity index (χ0v) is 12.9. The quantitative estimate of drug-likeness (QED) is 0.631. The Morgan fingerprint density at radius 3 is 2.22 bits per heavy atom. The first-order valence-electron chi connectivity index (χ1n) is 6.33. The molecular formula is C12H28ClN3O2. The summed E-state index contributed by atoms with van der Waals surface area (Å²) < 4.78 is 5.03. The molecule has 0 atom stereocenters. The lowest BCUT2D eigenvalue weighted by Gasteiger charge is -2.26. The van der Waals surface area contributed by atoms with E-state index in [0.29, 0.717) is 19.7 Å². The van der Waals surface area contributed by atoms with Gasteiger partial charge in [-0.3, -0.25) is 4.79 Å². The third kappa shape index (κ3) is 8.69. The van der Waals surface area contributed by atoms with Crippen molar-refractivity contribution < 1.29 is 9.53 Å². The summed E-state index contributed by atoms with van der Waals surface area (Å²) in [5.74, 6) is 0.136. The Bertz CT molecular complexity index is 202. The summed E-state index contributed by atoms with van der Waals surface area (Å²) in [6.07, 6.45) is 0. The molecule has 0 aromatic rings. The summed E-state index contributed by atoms with van der Waals surface area (Å²) in [6.45, 7) is 9.66. The van der Waals surface area contributed by atoms with Crippen LogP contribution in [0.1, 0.15) is 13.8 Å². The first-order valence-corrected chi connectivity index (χ1v) is 6.33. The number of hydrogen-bond acceptors (Lipinski definition) is 4. The van der Waals surface area contributed by atoms with Crippen LogP contribution in [0.3, 0.4) is 0 Å². The maximum absolute atomic E-state index is 11.8. The Morgan fingerprint density at radius 2 is 1.78 bits per heavy atom. The Kier molecular flexibility index (Phi) is 14.5. The number of likely N-dealkylation sites (N-methyl/N-ethyl adjacent to an activating group) is 2. The fourth-order valence-electron chi connectivity index (χ4n) is 1.63. The van der Waals surface area contributed by atoms with Crippen LogP contribution in [0.15, 0.2) is 0 Å². The van der Waals surface area contributed by atoms with Crippen molar-refractivity contribution in [2.75, 3.05) is 60.0 Å². The Balaban J connectivity index is 0. The summed E-state index contributed by atoms with van der Waals surface area (Å²) in [6, 6.07) is 0. The number of amides is 1. The Labute approximate surface area is 117 Å². The van der Waals surface area contributed by atoms with Gasteiger partial charge in [0.25, 0.3) is 0 Å². The van der Waals surface area contributed by atoms with Gasteiger partial charge in [-0.1, -0.05) is 13.8 Å². The minimum Gasteiger partial charge on any atom is -0.383 e. The summed E-state index contributed by atoms with van der Waals surface area (Å²) >= 11 is 0. The average molecular weight is 282 g/mol. The first kappa shape index (κ1) is 20.0. The highest BCUT2D eigenvalue weighted by molar-refractivity contribution is 5.85. The van der Waals surface area contributed by atoms with Crippen LogP contribution < -0.4 is 5.32 Å². The van der Waals surface area contributed by atoms with Gasteiger partial charge in [-0.05, 0) is 20.1 Å². The lowest BCUT2D eigenvalue weighted by molar-refractivity contribution is -0.131. The van der Waals surface area contributed by atoms with Crippen LogP contribution in [0.25, 0.3) is 0 Å². The van der Waals surface area contributed by atoms with Gasteiger partial charge >= 0.3 is 0 Å². The molecule has 0 aromatic heterocycles. The van der Waals surface area contributed by atoms with E-state index < -0.39 is 0 Å². The molecule has 0 aliphatic rings. The smallest absolute Gasteiger partial charge is 0.236 e. The van der Waals surface area contributed by atoms with Crippen molar-refractivity contribution in [3.63, 3.8) is 0 Å². The molecule has 18 heavy (non-hydrogen) atoms. The van der Waals surface area contributed by atoms with E-state index in [-0.39, 0.29) is 18.3 Å². The summed E-state index contributed by atoms with van der Waals surface area (Å²) in [5.41, 5.74) is 0. The molecule has 0 rings (SSSR count). The number of carbonyl (C=O) groups excluding carboxylic acids is 1. The number of hydrogen-bond donors (Lipinski definition) is 1. The van der Waals surface area contributed by atoms with Crippen LogP contribution in [-0.2, 0) is 9.53 Å². The van der Waals surface area contributed by atoms with E-state index in [1.165, 1.54) is 0 Å². The topological polar surface area (TPSA) is 44.8 Å². The molecule has 0 unspecified atom stereocenters. The summed E-state index contributed by atoms with van der Waals surface area (Å²) in [7, 11) is 3.45. The molecule has 1 N–H and O–H groups in total.